The van der Waals surface area contributed by atoms with E-state index in [0.717, 1.165) is 47.2 Å². The van der Waals surface area contributed by atoms with E-state index in [4.69, 9.17) is 0 Å². The first kappa shape index (κ1) is 15.4. The smallest absolute Gasteiger partial charge is 0.348 e. The Morgan fingerprint density at radius 3 is 2.96 bits per heavy atom. The molecule has 1 aromatic carbocycles. The van der Waals surface area contributed by atoms with Gasteiger partial charge in [0.1, 0.15) is 0 Å². The fraction of sp³-hybridized carbons (Fsp3) is 0.263. The summed E-state index contributed by atoms with van der Waals surface area (Å²) in [4.78, 5) is 17.7. The molecule has 0 aliphatic carbocycles. The molecule has 0 radical (unpaired) electrons. The molecule has 1 aliphatic rings. The van der Waals surface area contributed by atoms with Gasteiger partial charge in [-0.05, 0) is 36.2 Å². The maximum absolute atomic E-state index is 12.3. The number of hydrogen-bond acceptors (Lipinski definition) is 4. The maximum Gasteiger partial charge on any atom is 0.348 e. The van der Waals surface area contributed by atoms with E-state index in [9.17, 15) is 9.90 Å². The minimum atomic E-state index is -0.252. The number of aliphatic hydroxyl groups excluding tert-OH is 1. The lowest BCUT2D eigenvalue weighted by Gasteiger charge is -2.17. The van der Waals surface area contributed by atoms with Crippen molar-refractivity contribution < 1.29 is 5.11 Å². The van der Waals surface area contributed by atoms with Crippen LogP contribution in [0.5, 0.6) is 0 Å². The van der Waals surface area contributed by atoms with Crippen LogP contribution in [0.3, 0.4) is 0 Å². The van der Waals surface area contributed by atoms with Crippen molar-refractivity contribution in [3.8, 4) is 11.3 Å². The average Bonchev–Trinajstić information content (AvgIpc) is 3.37. The van der Waals surface area contributed by atoms with Crippen molar-refractivity contribution in [2.45, 2.75) is 19.1 Å². The van der Waals surface area contributed by atoms with Gasteiger partial charge in [0.2, 0.25) is 0 Å². The summed E-state index contributed by atoms with van der Waals surface area (Å²) in [6, 6.07) is 12.1. The lowest BCUT2D eigenvalue weighted by molar-refractivity contribution is 0.175. The zero-order valence-electron chi connectivity index (χ0n) is 14.1. The number of benzene rings is 1. The Morgan fingerprint density at radius 2 is 2.19 bits per heavy atom. The number of rotatable bonds is 3. The van der Waals surface area contributed by atoms with Gasteiger partial charge >= 0.3 is 5.69 Å². The fourth-order valence-corrected chi connectivity index (χ4v) is 3.87. The molecule has 0 unspecified atom stereocenters. The number of likely N-dealkylation sites (tertiary alicyclic amines) is 1. The van der Waals surface area contributed by atoms with Gasteiger partial charge < -0.3 is 10.1 Å². The van der Waals surface area contributed by atoms with Crippen molar-refractivity contribution >= 4 is 16.6 Å². The van der Waals surface area contributed by atoms with E-state index in [-0.39, 0.29) is 11.8 Å². The molecule has 0 saturated carbocycles. The summed E-state index contributed by atoms with van der Waals surface area (Å²) in [6.45, 7) is 2.29. The summed E-state index contributed by atoms with van der Waals surface area (Å²) in [5, 5.41) is 17.5. The Labute approximate surface area is 148 Å². The number of fused-ring (bicyclic) bond motifs is 3. The molecule has 1 saturated heterocycles. The number of aromatic amines is 2. The molecule has 1 fully saturated rings. The van der Waals surface area contributed by atoms with E-state index in [2.05, 4.69) is 32.2 Å². The highest BCUT2D eigenvalue weighted by Crippen LogP contribution is 2.27. The van der Waals surface area contributed by atoms with Gasteiger partial charge in [-0.3, -0.25) is 4.90 Å². The Balaban J connectivity index is 1.71. The van der Waals surface area contributed by atoms with E-state index < -0.39 is 0 Å². The van der Waals surface area contributed by atoms with Gasteiger partial charge in [0.15, 0.2) is 5.65 Å². The molecular formula is C19H19N5O2. The van der Waals surface area contributed by atoms with Crippen molar-refractivity contribution in [3.63, 3.8) is 0 Å². The van der Waals surface area contributed by atoms with Crippen molar-refractivity contribution in [1.82, 2.24) is 24.5 Å². The Morgan fingerprint density at radius 1 is 1.27 bits per heavy atom. The van der Waals surface area contributed by atoms with Crippen LogP contribution in [0.25, 0.3) is 27.8 Å². The van der Waals surface area contributed by atoms with Crippen LogP contribution in [-0.2, 0) is 6.54 Å². The number of H-pyrrole nitrogens is 2. The van der Waals surface area contributed by atoms with Crippen LogP contribution in [0.4, 0.5) is 0 Å². The second-order valence-corrected chi connectivity index (χ2v) is 6.89. The molecule has 7 heteroatoms. The Kier molecular flexibility index (Phi) is 3.44. The van der Waals surface area contributed by atoms with E-state index >= 15 is 0 Å². The highest BCUT2D eigenvalue weighted by Gasteiger charge is 2.21. The number of aromatic nitrogens is 4. The SMILES string of the molecule is O=c1[nH]nc2cc(CN3CC[C@H](O)C3)c3ccc(-c4ccc[nH]4)cc3n12. The summed E-state index contributed by atoms with van der Waals surface area (Å²) in [5.74, 6) is 0. The molecule has 132 valence electrons. The summed E-state index contributed by atoms with van der Waals surface area (Å²) in [6.07, 6.45) is 2.44. The van der Waals surface area contributed by atoms with Crippen molar-refractivity contribution in [3.05, 3.63) is 58.6 Å². The van der Waals surface area contributed by atoms with Crippen LogP contribution < -0.4 is 5.69 Å². The second kappa shape index (κ2) is 5.82. The molecule has 7 nitrogen and oxygen atoms in total. The highest BCUT2D eigenvalue weighted by molar-refractivity contribution is 5.89. The van der Waals surface area contributed by atoms with Crippen molar-refractivity contribution in [2.24, 2.45) is 0 Å². The highest BCUT2D eigenvalue weighted by atomic mass is 16.3. The summed E-state index contributed by atoms with van der Waals surface area (Å²) < 4.78 is 1.62. The molecule has 1 atom stereocenters. The molecule has 3 N–H and O–H groups in total. The first-order valence-electron chi connectivity index (χ1n) is 8.76. The fourth-order valence-electron chi connectivity index (χ4n) is 3.87. The molecule has 0 bridgehead atoms. The molecule has 0 amide bonds. The average molecular weight is 349 g/mol. The number of nitrogens with zero attached hydrogens (tertiary/aromatic N) is 3. The standard InChI is InChI=1S/C19H19N5O2/c25-14-5-7-23(11-14)10-13-9-18-21-22-19(26)24(18)17-8-12(3-4-15(13)17)16-2-1-6-20-16/h1-4,6,8-9,14,20,25H,5,7,10-11H2,(H,22,26)/t14-/m0/s1. The number of β-amino-alcohol motifs (C(OH)–C–C–N with tert-alkyl or cyclic N) is 1. The number of hydrogen-bond donors (Lipinski definition) is 3. The summed E-state index contributed by atoms with van der Waals surface area (Å²) >= 11 is 0. The molecule has 5 rings (SSSR count). The summed E-state index contributed by atoms with van der Waals surface area (Å²) in [5.41, 5.74) is 4.34. The van der Waals surface area contributed by atoms with Crippen LogP contribution in [0.15, 0.2) is 47.4 Å². The number of aliphatic hydroxyl groups is 1. The van der Waals surface area contributed by atoms with Crippen LogP contribution in [-0.4, -0.2) is 48.8 Å². The van der Waals surface area contributed by atoms with Crippen molar-refractivity contribution in [1.29, 1.82) is 0 Å². The normalized spacial score (nSPS) is 18.3. The molecule has 1 aliphatic heterocycles. The molecular weight excluding hydrogens is 330 g/mol. The van der Waals surface area contributed by atoms with Gasteiger partial charge in [-0.25, -0.2) is 14.3 Å². The molecule has 0 spiro atoms. The topological polar surface area (TPSA) is 89.4 Å². The Hall–Kier alpha value is -2.90. The first-order chi connectivity index (χ1) is 12.7. The zero-order valence-corrected chi connectivity index (χ0v) is 14.1. The van der Waals surface area contributed by atoms with Crippen LogP contribution in [0, 0.1) is 0 Å². The number of pyridine rings is 1. The third kappa shape index (κ3) is 2.44. The maximum atomic E-state index is 12.3. The second-order valence-electron chi connectivity index (χ2n) is 6.89. The lowest BCUT2D eigenvalue weighted by Crippen LogP contribution is -2.22. The van der Waals surface area contributed by atoms with Crippen molar-refractivity contribution in [2.75, 3.05) is 13.1 Å². The lowest BCUT2D eigenvalue weighted by atomic mass is 10.0. The molecule has 26 heavy (non-hydrogen) atoms. The minimum Gasteiger partial charge on any atom is -0.392 e. The monoisotopic (exact) mass is 349 g/mol. The van der Waals surface area contributed by atoms with E-state index in [1.54, 1.807) is 4.40 Å². The third-order valence-corrected chi connectivity index (χ3v) is 5.14. The molecule has 4 heterocycles. The van der Waals surface area contributed by atoms with E-state index in [0.29, 0.717) is 12.2 Å². The van der Waals surface area contributed by atoms with Gasteiger partial charge in [-0.2, -0.15) is 5.10 Å². The van der Waals surface area contributed by atoms with E-state index in [1.165, 1.54) is 0 Å². The van der Waals surface area contributed by atoms with Crippen LogP contribution in [0.2, 0.25) is 0 Å². The molecule has 3 aromatic heterocycles. The number of nitrogens with one attached hydrogen (secondary N) is 2. The quantitative estimate of drug-likeness (QED) is 0.526. The van der Waals surface area contributed by atoms with Gasteiger partial charge in [-0.15, -0.1) is 0 Å². The van der Waals surface area contributed by atoms with Crippen LogP contribution in [0.1, 0.15) is 12.0 Å². The minimum absolute atomic E-state index is 0.239. The summed E-state index contributed by atoms with van der Waals surface area (Å²) in [7, 11) is 0. The van der Waals surface area contributed by atoms with E-state index in [1.807, 2.05) is 30.5 Å². The van der Waals surface area contributed by atoms with Gasteiger partial charge in [0, 0.05) is 42.5 Å². The largest absolute Gasteiger partial charge is 0.392 e. The predicted molar refractivity (Wildman–Crippen MR) is 99.0 cm³/mol. The van der Waals surface area contributed by atoms with Gasteiger partial charge in [-0.1, -0.05) is 12.1 Å². The molecule has 4 aromatic rings. The zero-order chi connectivity index (χ0) is 17.7. The predicted octanol–water partition coefficient (Wildman–Crippen LogP) is 1.74. The Bertz CT molecular complexity index is 1140. The van der Waals surface area contributed by atoms with Gasteiger partial charge in [0.05, 0.1) is 11.6 Å². The first-order valence-corrected chi connectivity index (χ1v) is 8.76. The van der Waals surface area contributed by atoms with Gasteiger partial charge in [0.25, 0.3) is 0 Å². The third-order valence-electron chi connectivity index (χ3n) is 5.14. The van der Waals surface area contributed by atoms with Crippen LogP contribution >= 0.6 is 0 Å².